The van der Waals surface area contributed by atoms with Gasteiger partial charge in [-0.2, -0.15) is 0 Å². The molecule has 1 N–H and O–H groups in total. The molecule has 2 aromatic rings. The van der Waals surface area contributed by atoms with Crippen molar-refractivity contribution < 1.29 is 9.90 Å². The van der Waals surface area contributed by atoms with Gasteiger partial charge in [0.05, 0.1) is 23.5 Å². The number of aryl methyl sites for hydroxylation is 1. The summed E-state index contributed by atoms with van der Waals surface area (Å²) in [6.45, 7) is 2.22. The van der Waals surface area contributed by atoms with Crippen LogP contribution in [0.1, 0.15) is 21.7 Å². The number of hydrogen-bond acceptors (Lipinski definition) is 5. The summed E-state index contributed by atoms with van der Waals surface area (Å²) < 4.78 is 0. The second-order valence-electron chi connectivity index (χ2n) is 4.15. The lowest BCUT2D eigenvalue weighted by Crippen LogP contribution is -2.20. The van der Waals surface area contributed by atoms with Gasteiger partial charge in [0.1, 0.15) is 0 Å². The van der Waals surface area contributed by atoms with E-state index in [9.17, 15) is 4.79 Å². The average molecular weight is 258 g/mol. The molecule has 0 aromatic carbocycles. The van der Waals surface area contributed by atoms with E-state index in [0.29, 0.717) is 18.2 Å². The van der Waals surface area contributed by atoms with Crippen LogP contribution in [0.5, 0.6) is 0 Å². The van der Waals surface area contributed by atoms with Gasteiger partial charge in [-0.05, 0) is 19.1 Å². The largest absolute Gasteiger partial charge is 0.478 e. The van der Waals surface area contributed by atoms with Crippen molar-refractivity contribution in [3.05, 3.63) is 47.5 Å². The zero-order valence-corrected chi connectivity index (χ0v) is 10.7. The average Bonchev–Trinajstić information content (AvgIpc) is 2.39. The van der Waals surface area contributed by atoms with E-state index < -0.39 is 5.97 Å². The molecule has 98 valence electrons. The van der Waals surface area contributed by atoms with Gasteiger partial charge in [-0.1, -0.05) is 6.07 Å². The van der Waals surface area contributed by atoms with E-state index in [0.717, 1.165) is 5.69 Å². The Labute approximate surface area is 110 Å². The van der Waals surface area contributed by atoms with Gasteiger partial charge in [0.15, 0.2) is 0 Å². The topological polar surface area (TPSA) is 79.2 Å². The fourth-order valence-corrected chi connectivity index (χ4v) is 1.65. The first-order valence-electron chi connectivity index (χ1n) is 5.76. The lowest BCUT2D eigenvalue weighted by molar-refractivity contribution is 0.0695. The van der Waals surface area contributed by atoms with Crippen LogP contribution >= 0.6 is 0 Å². The van der Waals surface area contributed by atoms with E-state index in [1.54, 1.807) is 13.1 Å². The molecule has 0 atom stereocenters. The van der Waals surface area contributed by atoms with Crippen molar-refractivity contribution in [1.29, 1.82) is 0 Å². The van der Waals surface area contributed by atoms with Gasteiger partial charge >= 0.3 is 5.97 Å². The Kier molecular flexibility index (Phi) is 3.70. The molecule has 2 aromatic heterocycles. The van der Waals surface area contributed by atoms with Gasteiger partial charge in [-0.15, -0.1) is 0 Å². The summed E-state index contributed by atoms with van der Waals surface area (Å²) in [5, 5.41) is 8.93. The summed E-state index contributed by atoms with van der Waals surface area (Å²) in [6, 6.07) is 5.68. The van der Waals surface area contributed by atoms with E-state index in [1.807, 2.05) is 30.1 Å². The third-order valence-electron chi connectivity index (χ3n) is 2.66. The summed E-state index contributed by atoms with van der Waals surface area (Å²) in [4.78, 5) is 25.2. The van der Waals surface area contributed by atoms with E-state index in [2.05, 4.69) is 15.0 Å². The van der Waals surface area contributed by atoms with Gasteiger partial charge in [0, 0.05) is 19.4 Å². The summed E-state index contributed by atoms with van der Waals surface area (Å²) >= 11 is 0. The van der Waals surface area contributed by atoms with Crippen LogP contribution in [0.25, 0.3) is 0 Å². The minimum Gasteiger partial charge on any atom is -0.478 e. The van der Waals surface area contributed by atoms with Gasteiger partial charge in [-0.25, -0.2) is 14.8 Å². The van der Waals surface area contributed by atoms with Gasteiger partial charge in [-0.3, -0.25) is 4.98 Å². The Morgan fingerprint density at radius 3 is 2.74 bits per heavy atom. The smallest absolute Gasteiger partial charge is 0.339 e. The predicted molar refractivity (Wildman–Crippen MR) is 70.1 cm³/mol. The van der Waals surface area contributed by atoms with Crippen LogP contribution in [0, 0.1) is 6.92 Å². The highest BCUT2D eigenvalue weighted by atomic mass is 16.4. The van der Waals surface area contributed by atoms with E-state index in [1.165, 1.54) is 6.20 Å². The summed E-state index contributed by atoms with van der Waals surface area (Å²) in [7, 11) is 1.84. The number of carbonyl (C=O) groups is 1. The quantitative estimate of drug-likeness (QED) is 0.895. The molecule has 0 unspecified atom stereocenters. The first-order valence-corrected chi connectivity index (χ1v) is 5.76. The molecule has 0 bridgehead atoms. The molecule has 2 rings (SSSR count). The Morgan fingerprint density at radius 1 is 1.37 bits per heavy atom. The monoisotopic (exact) mass is 258 g/mol. The third kappa shape index (κ3) is 3.04. The number of hydrogen-bond donors (Lipinski definition) is 1. The maximum Gasteiger partial charge on any atom is 0.339 e. The summed E-state index contributed by atoms with van der Waals surface area (Å²) in [6.07, 6.45) is 3.05. The molecule has 0 amide bonds. The molecule has 19 heavy (non-hydrogen) atoms. The fourth-order valence-electron chi connectivity index (χ4n) is 1.65. The molecule has 0 radical (unpaired) electrons. The molecule has 0 fully saturated rings. The van der Waals surface area contributed by atoms with Crippen molar-refractivity contribution >= 4 is 11.9 Å². The zero-order valence-electron chi connectivity index (χ0n) is 10.7. The Morgan fingerprint density at radius 2 is 2.16 bits per heavy atom. The molecule has 0 spiro atoms. The summed E-state index contributed by atoms with van der Waals surface area (Å²) in [5.41, 5.74) is 1.47. The number of carboxylic acid groups (broad SMARTS) is 1. The van der Waals surface area contributed by atoms with Crippen molar-refractivity contribution in [3.8, 4) is 0 Å². The molecular formula is C13H14N4O2. The second-order valence-corrected chi connectivity index (χ2v) is 4.15. The number of nitrogens with zero attached hydrogens (tertiary/aromatic N) is 4. The Bertz CT molecular complexity index is 586. The van der Waals surface area contributed by atoms with Crippen LogP contribution in [0.3, 0.4) is 0 Å². The fraction of sp³-hybridized carbons (Fsp3) is 0.231. The third-order valence-corrected chi connectivity index (χ3v) is 2.66. The molecular weight excluding hydrogens is 244 g/mol. The highest BCUT2D eigenvalue weighted by Gasteiger charge is 2.12. The van der Waals surface area contributed by atoms with Crippen LogP contribution in [0.2, 0.25) is 0 Å². The molecule has 0 aliphatic heterocycles. The van der Waals surface area contributed by atoms with Crippen molar-refractivity contribution in [2.45, 2.75) is 13.5 Å². The second kappa shape index (κ2) is 5.43. The molecule has 6 nitrogen and oxygen atoms in total. The van der Waals surface area contributed by atoms with Gasteiger partial charge in [0.2, 0.25) is 5.95 Å². The standard InChI is InChI=1S/C13H14N4O2/c1-9-11(12(18)19)7-15-13(16-9)17(2)8-10-5-3-4-6-14-10/h3-7H,8H2,1-2H3,(H,18,19). The zero-order chi connectivity index (χ0) is 13.8. The molecule has 0 aliphatic carbocycles. The number of aromatic nitrogens is 3. The summed E-state index contributed by atoms with van der Waals surface area (Å²) in [5.74, 6) is -0.537. The highest BCUT2D eigenvalue weighted by molar-refractivity contribution is 5.88. The molecule has 2 heterocycles. The maximum absolute atomic E-state index is 10.9. The number of aromatic carboxylic acids is 1. The molecule has 0 saturated heterocycles. The Balaban J connectivity index is 2.18. The minimum atomic E-state index is -1.02. The van der Waals surface area contributed by atoms with Crippen LogP contribution in [-0.2, 0) is 6.54 Å². The van der Waals surface area contributed by atoms with Gasteiger partial charge < -0.3 is 10.0 Å². The van der Waals surface area contributed by atoms with E-state index >= 15 is 0 Å². The molecule has 0 saturated carbocycles. The lowest BCUT2D eigenvalue weighted by Gasteiger charge is -2.17. The van der Waals surface area contributed by atoms with Crippen molar-refractivity contribution in [3.63, 3.8) is 0 Å². The van der Waals surface area contributed by atoms with Crippen LogP contribution in [-0.4, -0.2) is 33.1 Å². The van der Waals surface area contributed by atoms with Crippen molar-refractivity contribution in [1.82, 2.24) is 15.0 Å². The van der Waals surface area contributed by atoms with Crippen molar-refractivity contribution in [2.24, 2.45) is 0 Å². The first-order chi connectivity index (χ1) is 9.08. The molecule has 6 heteroatoms. The van der Waals surface area contributed by atoms with Crippen molar-refractivity contribution in [2.75, 3.05) is 11.9 Å². The minimum absolute atomic E-state index is 0.120. The van der Waals surface area contributed by atoms with Crippen LogP contribution in [0.4, 0.5) is 5.95 Å². The Hall–Kier alpha value is -2.50. The lowest BCUT2D eigenvalue weighted by atomic mass is 10.2. The predicted octanol–water partition coefficient (Wildman–Crippen LogP) is 1.51. The van der Waals surface area contributed by atoms with E-state index in [4.69, 9.17) is 5.11 Å². The number of carboxylic acids is 1. The highest BCUT2D eigenvalue weighted by Crippen LogP contribution is 2.12. The number of pyridine rings is 1. The molecule has 0 aliphatic rings. The van der Waals surface area contributed by atoms with Gasteiger partial charge in [0.25, 0.3) is 0 Å². The maximum atomic E-state index is 10.9. The van der Waals surface area contributed by atoms with Crippen LogP contribution in [0.15, 0.2) is 30.6 Å². The van der Waals surface area contributed by atoms with Crippen LogP contribution < -0.4 is 4.90 Å². The normalized spacial score (nSPS) is 10.2. The number of rotatable bonds is 4. The van der Waals surface area contributed by atoms with E-state index in [-0.39, 0.29) is 5.56 Å². The first kappa shape index (κ1) is 12.9. The SMILES string of the molecule is Cc1nc(N(C)Cc2ccccn2)ncc1C(=O)O. The number of anilines is 1.